The average Bonchev–Trinajstić information content (AvgIpc) is 2.98. The quantitative estimate of drug-likeness (QED) is 0.204. The number of benzene rings is 5. The van der Waals surface area contributed by atoms with Crippen molar-refractivity contribution in [2.45, 2.75) is 12.3 Å². The van der Waals surface area contributed by atoms with E-state index in [1.165, 1.54) is 31.4 Å². The fourth-order valence-electron chi connectivity index (χ4n) is 4.64. The molecule has 1 aliphatic rings. The molecule has 2 N–H and O–H groups in total. The summed E-state index contributed by atoms with van der Waals surface area (Å²) in [6, 6.07) is 46.9. The summed E-state index contributed by atoms with van der Waals surface area (Å²) < 4.78 is 1.24. The fraction of sp³-hybridized carbons (Fsp3) is 0.0606. The second-order valence-corrected chi connectivity index (χ2v) is 10.4. The first kappa shape index (κ1) is 23.6. The zero-order valence-corrected chi connectivity index (χ0v) is 22.3. The summed E-state index contributed by atoms with van der Waals surface area (Å²) >= 11 is 2.34. The van der Waals surface area contributed by atoms with Crippen LogP contribution in [0.25, 0.3) is 22.3 Å². The van der Waals surface area contributed by atoms with Gasteiger partial charge in [-0.15, -0.1) is 0 Å². The minimum Gasteiger partial charge on any atom is -0.350 e. The molecule has 0 fully saturated rings. The van der Waals surface area contributed by atoms with Gasteiger partial charge in [-0.3, -0.25) is 5.32 Å². The number of nitrogens with one attached hydrogen (secondary N) is 2. The van der Waals surface area contributed by atoms with E-state index in [0.717, 1.165) is 17.0 Å². The molecule has 0 radical (unpaired) electrons. The smallest absolute Gasteiger partial charge is 0.131 e. The molecule has 1 heterocycles. The lowest BCUT2D eigenvalue weighted by Crippen LogP contribution is -2.44. The molecule has 0 bridgehead atoms. The third kappa shape index (κ3) is 5.36. The third-order valence-corrected chi connectivity index (χ3v) is 7.39. The zero-order valence-electron chi connectivity index (χ0n) is 20.2. The van der Waals surface area contributed by atoms with E-state index in [9.17, 15) is 0 Å². The highest BCUT2D eigenvalue weighted by molar-refractivity contribution is 14.1. The molecule has 5 aromatic rings. The van der Waals surface area contributed by atoms with Gasteiger partial charge >= 0.3 is 0 Å². The summed E-state index contributed by atoms with van der Waals surface area (Å²) in [7, 11) is 0. The summed E-state index contributed by atoms with van der Waals surface area (Å²) in [4.78, 5) is 5.07. The fourth-order valence-corrected chi connectivity index (χ4v) is 5.00. The maximum absolute atomic E-state index is 5.07. The average molecular weight is 591 g/mol. The van der Waals surface area contributed by atoms with Crippen LogP contribution in [0.2, 0.25) is 0 Å². The van der Waals surface area contributed by atoms with E-state index in [1.54, 1.807) is 0 Å². The molecular formula is C33H26IN3. The number of nitrogens with zero attached hydrogens (tertiary/aromatic N) is 1. The molecule has 180 valence electrons. The van der Waals surface area contributed by atoms with Crippen molar-refractivity contribution in [3.63, 3.8) is 0 Å². The van der Waals surface area contributed by atoms with Gasteiger partial charge in [0.05, 0.1) is 0 Å². The van der Waals surface area contributed by atoms with Crippen LogP contribution in [0.4, 0.5) is 0 Å². The summed E-state index contributed by atoms with van der Waals surface area (Å²) in [5.41, 5.74) is 8.22. The van der Waals surface area contributed by atoms with Gasteiger partial charge < -0.3 is 5.32 Å². The Morgan fingerprint density at radius 1 is 0.486 bits per heavy atom. The van der Waals surface area contributed by atoms with Crippen molar-refractivity contribution in [2.24, 2.45) is 4.99 Å². The van der Waals surface area contributed by atoms with Gasteiger partial charge in [0.2, 0.25) is 0 Å². The number of hydrogen-bond donors (Lipinski definition) is 2. The van der Waals surface area contributed by atoms with Gasteiger partial charge in [-0.2, -0.15) is 0 Å². The van der Waals surface area contributed by atoms with Crippen molar-refractivity contribution in [1.82, 2.24) is 10.6 Å². The molecule has 0 saturated carbocycles. The molecule has 2 unspecified atom stereocenters. The van der Waals surface area contributed by atoms with Crippen molar-refractivity contribution >= 4 is 28.4 Å². The van der Waals surface area contributed by atoms with E-state index in [-0.39, 0.29) is 12.3 Å². The molecule has 0 aromatic heterocycles. The third-order valence-electron chi connectivity index (χ3n) is 6.67. The van der Waals surface area contributed by atoms with Crippen LogP contribution in [0.15, 0.2) is 138 Å². The molecule has 37 heavy (non-hydrogen) atoms. The minimum absolute atomic E-state index is 0.0720. The van der Waals surface area contributed by atoms with Crippen LogP contribution in [0.3, 0.4) is 0 Å². The van der Waals surface area contributed by atoms with E-state index < -0.39 is 0 Å². The second-order valence-electron chi connectivity index (χ2n) is 9.11. The standard InChI is InChI=1S/C33H26IN3/c34-30-21-19-26(20-22-30)25-13-17-29(18-14-25)33-36-31(27-9-5-2-6-10-27)35-32(37-33)28-15-11-24(12-16-28)23-7-3-1-4-8-23/h1-22,31,33,36H,(H,35,37). The molecule has 5 aromatic carbocycles. The summed E-state index contributed by atoms with van der Waals surface area (Å²) in [6.45, 7) is 0. The monoisotopic (exact) mass is 591 g/mol. The highest BCUT2D eigenvalue weighted by Crippen LogP contribution is 2.28. The van der Waals surface area contributed by atoms with Gasteiger partial charge in [-0.1, -0.05) is 121 Å². The highest BCUT2D eigenvalue weighted by Gasteiger charge is 2.25. The summed E-state index contributed by atoms with van der Waals surface area (Å²) in [6.07, 6.45) is -0.218. The number of hydrogen-bond acceptors (Lipinski definition) is 3. The van der Waals surface area contributed by atoms with Crippen LogP contribution >= 0.6 is 22.6 Å². The SMILES string of the molecule is Ic1ccc(-c2ccc(C3NC(c4ccc(-c5ccccc5)cc4)=NC(c4ccccc4)N3)cc2)cc1. The van der Waals surface area contributed by atoms with Gasteiger partial charge in [-0.05, 0) is 68.1 Å². The summed E-state index contributed by atoms with van der Waals surface area (Å²) in [5.74, 6) is 0.888. The Morgan fingerprint density at radius 2 is 0.973 bits per heavy atom. The lowest BCUT2D eigenvalue weighted by atomic mass is 10.0. The molecule has 0 saturated heterocycles. The van der Waals surface area contributed by atoms with Gasteiger partial charge in [0.1, 0.15) is 18.2 Å². The normalized spacial score (nSPS) is 17.1. The van der Waals surface area contributed by atoms with E-state index in [0.29, 0.717) is 0 Å². The van der Waals surface area contributed by atoms with Crippen LogP contribution in [0.5, 0.6) is 0 Å². The van der Waals surface area contributed by atoms with Crippen molar-refractivity contribution in [3.8, 4) is 22.3 Å². The minimum atomic E-state index is -0.146. The van der Waals surface area contributed by atoms with Crippen LogP contribution in [0.1, 0.15) is 29.0 Å². The van der Waals surface area contributed by atoms with Crippen LogP contribution < -0.4 is 10.6 Å². The van der Waals surface area contributed by atoms with Gasteiger partial charge in [-0.25, -0.2) is 4.99 Å². The van der Waals surface area contributed by atoms with Crippen LogP contribution in [-0.4, -0.2) is 5.84 Å². The van der Waals surface area contributed by atoms with Gasteiger partial charge in [0.15, 0.2) is 0 Å². The Hall–Kier alpha value is -3.74. The molecule has 0 spiro atoms. The maximum atomic E-state index is 5.07. The Bertz CT molecular complexity index is 1490. The van der Waals surface area contributed by atoms with Gasteiger partial charge in [0.25, 0.3) is 0 Å². The van der Waals surface area contributed by atoms with E-state index in [1.807, 2.05) is 12.1 Å². The Balaban J connectivity index is 1.30. The lowest BCUT2D eigenvalue weighted by Gasteiger charge is -2.32. The summed E-state index contributed by atoms with van der Waals surface area (Å²) in [5, 5.41) is 7.34. The molecular weight excluding hydrogens is 565 g/mol. The van der Waals surface area contributed by atoms with Crippen molar-refractivity contribution in [3.05, 3.63) is 154 Å². The van der Waals surface area contributed by atoms with E-state index >= 15 is 0 Å². The predicted octanol–water partition coefficient (Wildman–Crippen LogP) is 7.96. The molecule has 3 nitrogen and oxygen atoms in total. The number of rotatable bonds is 5. The first-order valence-corrected chi connectivity index (χ1v) is 13.5. The lowest BCUT2D eigenvalue weighted by molar-refractivity contribution is 0.409. The molecule has 0 aliphatic carbocycles. The Labute approximate surface area is 231 Å². The Kier molecular flexibility index (Phi) is 6.84. The number of aliphatic imine (C=N–C) groups is 1. The highest BCUT2D eigenvalue weighted by atomic mass is 127. The van der Waals surface area contributed by atoms with Crippen molar-refractivity contribution in [2.75, 3.05) is 0 Å². The van der Waals surface area contributed by atoms with Crippen molar-refractivity contribution in [1.29, 1.82) is 0 Å². The molecule has 4 heteroatoms. The van der Waals surface area contributed by atoms with E-state index in [4.69, 9.17) is 4.99 Å². The zero-order chi connectivity index (χ0) is 25.0. The van der Waals surface area contributed by atoms with Crippen molar-refractivity contribution < 1.29 is 0 Å². The van der Waals surface area contributed by atoms with Gasteiger partial charge in [0, 0.05) is 9.13 Å². The van der Waals surface area contributed by atoms with Crippen LogP contribution in [0, 0.1) is 3.57 Å². The largest absolute Gasteiger partial charge is 0.350 e. The topological polar surface area (TPSA) is 36.4 Å². The first-order chi connectivity index (χ1) is 18.2. The first-order valence-electron chi connectivity index (χ1n) is 12.4. The molecule has 2 atom stereocenters. The second kappa shape index (κ2) is 10.7. The number of halogens is 1. The van der Waals surface area contributed by atoms with Crippen LogP contribution in [-0.2, 0) is 0 Å². The Morgan fingerprint density at radius 3 is 1.59 bits per heavy atom. The number of amidine groups is 1. The molecule has 0 amide bonds. The molecule has 1 aliphatic heterocycles. The van der Waals surface area contributed by atoms with E-state index in [2.05, 4.69) is 155 Å². The maximum Gasteiger partial charge on any atom is 0.131 e. The molecule has 6 rings (SSSR count). The predicted molar refractivity (Wildman–Crippen MR) is 161 cm³/mol.